The van der Waals surface area contributed by atoms with E-state index in [1.165, 1.54) is 18.2 Å². The second-order valence-corrected chi connectivity index (χ2v) is 5.17. The fourth-order valence-electron chi connectivity index (χ4n) is 1.87. The molecular weight excluding hydrogens is 258 g/mol. The number of hydrogen-bond acceptors (Lipinski definition) is 3. The maximum absolute atomic E-state index is 13.5. The van der Waals surface area contributed by atoms with Gasteiger partial charge in [0.1, 0.15) is 11.6 Å². The first-order valence-corrected chi connectivity index (χ1v) is 6.80. The highest BCUT2D eigenvalue weighted by atomic mass is 32.2. The summed E-state index contributed by atoms with van der Waals surface area (Å²) in [6.45, 7) is 1.57. The van der Waals surface area contributed by atoms with Crippen LogP contribution in [-0.2, 0) is 4.79 Å². The van der Waals surface area contributed by atoms with E-state index in [1.807, 2.05) is 0 Å². The lowest BCUT2D eigenvalue weighted by molar-refractivity contribution is -0.123. The molecule has 2 unspecified atom stereocenters. The minimum atomic E-state index is -0.689. The van der Waals surface area contributed by atoms with E-state index >= 15 is 0 Å². The van der Waals surface area contributed by atoms with E-state index in [1.54, 1.807) is 18.7 Å². The molecule has 1 fully saturated rings. The Balaban J connectivity index is 2.07. The van der Waals surface area contributed by atoms with E-state index in [0.29, 0.717) is 5.75 Å². The van der Waals surface area contributed by atoms with Crippen LogP contribution in [0.1, 0.15) is 18.5 Å². The van der Waals surface area contributed by atoms with Crippen molar-refractivity contribution in [1.82, 2.24) is 10.6 Å². The lowest BCUT2D eigenvalue weighted by atomic mass is 10.1. The summed E-state index contributed by atoms with van der Waals surface area (Å²) in [5.41, 5.74) is -0.100. The van der Waals surface area contributed by atoms with Crippen LogP contribution in [0, 0.1) is 11.6 Å². The monoisotopic (exact) mass is 272 g/mol. The van der Waals surface area contributed by atoms with Crippen molar-refractivity contribution in [3.8, 4) is 0 Å². The molecule has 98 valence electrons. The second-order valence-electron chi connectivity index (χ2n) is 4.14. The highest BCUT2D eigenvalue weighted by Gasteiger charge is 2.25. The van der Waals surface area contributed by atoms with Gasteiger partial charge in [0.2, 0.25) is 5.91 Å². The molecule has 3 nitrogen and oxygen atoms in total. The Morgan fingerprint density at radius 2 is 2.17 bits per heavy atom. The number of carbonyl (C=O) groups excluding carboxylic acids is 1. The summed E-state index contributed by atoms with van der Waals surface area (Å²) in [6, 6.07) is 2.70. The molecule has 2 N–H and O–H groups in total. The molecule has 0 bridgehead atoms. The molecule has 0 aromatic heterocycles. The molecule has 0 radical (unpaired) electrons. The zero-order chi connectivity index (χ0) is 13.1. The number of halogens is 2. The van der Waals surface area contributed by atoms with E-state index in [2.05, 4.69) is 10.6 Å². The van der Waals surface area contributed by atoms with Gasteiger partial charge in [-0.1, -0.05) is 6.07 Å². The molecule has 2 rings (SSSR count). The van der Waals surface area contributed by atoms with Crippen LogP contribution in [0.15, 0.2) is 18.2 Å². The quantitative estimate of drug-likeness (QED) is 0.881. The van der Waals surface area contributed by atoms with Gasteiger partial charge < -0.3 is 5.32 Å². The predicted molar refractivity (Wildman–Crippen MR) is 67.2 cm³/mol. The molecule has 1 aromatic rings. The summed E-state index contributed by atoms with van der Waals surface area (Å²) < 4.78 is 27.0. The van der Waals surface area contributed by atoms with Gasteiger partial charge in [0.15, 0.2) is 0 Å². The van der Waals surface area contributed by atoms with Gasteiger partial charge in [-0.2, -0.15) is 0 Å². The Bertz CT molecular complexity index is 429. The number of amides is 1. The highest BCUT2D eigenvalue weighted by Crippen LogP contribution is 2.20. The molecular formula is C12H14F2N2OS. The number of thioether (sulfide) groups is 1. The summed E-state index contributed by atoms with van der Waals surface area (Å²) in [6.07, 6.45) is 0. The first-order valence-electron chi connectivity index (χ1n) is 5.65. The number of benzene rings is 1. The van der Waals surface area contributed by atoms with Crippen molar-refractivity contribution in [3.63, 3.8) is 0 Å². The van der Waals surface area contributed by atoms with Crippen molar-refractivity contribution in [2.75, 3.05) is 11.6 Å². The van der Waals surface area contributed by atoms with Crippen LogP contribution in [0.4, 0.5) is 8.78 Å². The zero-order valence-corrected chi connectivity index (χ0v) is 10.7. The van der Waals surface area contributed by atoms with Gasteiger partial charge in [-0.15, -0.1) is 11.8 Å². The number of rotatable bonds is 3. The minimum Gasteiger partial charge on any atom is -0.348 e. The van der Waals surface area contributed by atoms with Crippen molar-refractivity contribution in [1.29, 1.82) is 0 Å². The largest absolute Gasteiger partial charge is 0.348 e. The Labute approximate surface area is 108 Å². The lowest BCUT2D eigenvalue weighted by Crippen LogP contribution is -2.43. The molecule has 0 spiro atoms. The van der Waals surface area contributed by atoms with Crippen LogP contribution in [0.3, 0.4) is 0 Å². The Morgan fingerprint density at radius 1 is 1.50 bits per heavy atom. The summed E-state index contributed by atoms with van der Waals surface area (Å²) in [4.78, 5) is 11.8. The maximum atomic E-state index is 13.5. The third-order valence-corrected chi connectivity index (χ3v) is 3.76. The molecule has 1 aliphatic heterocycles. The zero-order valence-electron chi connectivity index (χ0n) is 9.87. The van der Waals surface area contributed by atoms with E-state index in [9.17, 15) is 13.6 Å². The molecule has 1 heterocycles. The van der Waals surface area contributed by atoms with Gasteiger partial charge >= 0.3 is 0 Å². The summed E-state index contributed by atoms with van der Waals surface area (Å²) >= 11 is 1.62. The van der Waals surface area contributed by atoms with Crippen molar-refractivity contribution < 1.29 is 13.6 Å². The molecule has 1 aliphatic rings. The van der Waals surface area contributed by atoms with E-state index in [0.717, 1.165) is 5.88 Å². The summed E-state index contributed by atoms with van der Waals surface area (Å²) in [5.74, 6) is -0.109. The summed E-state index contributed by atoms with van der Waals surface area (Å²) in [7, 11) is 0. The molecule has 18 heavy (non-hydrogen) atoms. The number of nitrogens with one attached hydrogen (secondary N) is 2. The Hall–Kier alpha value is -1.14. The van der Waals surface area contributed by atoms with Gasteiger partial charge in [0, 0.05) is 17.2 Å². The van der Waals surface area contributed by atoms with Crippen LogP contribution in [0.2, 0.25) is 0 Å². The summed E-state index contributed by atoms with van der Waals surface area (Å²) in [5, 5.41) is 5.63. The van der Waals surface area contributed by atoms with Gasteiger partial charge in [-0.25, -0.2) is 8.78 Å². The lowest BCUT2D eigenvalue weighted by Gasteiger charge is -2.18. The fourth-order valence-corrected chi connectivity index (χ4v) is 2.82. The number of hydrogen-bond donors (Lipinski definition) is 2. The van der Waals surface area contributed by atoms with Crippen molar-refractivity contribution in [2.24, 2.45) is 0 Å². The van der Waals surface area contributed by atoms with Crippen LogP contribution < -0.4 is 10.6 Å². The van der Waals surface area contributed by atoms with Crippen LogP contribution in [-0.4, -0.2) is 23.6 Å². The fraction of sp³-hybridized carbons (Fsp3) is 0.417. The van der Waals surface area contributed by atoms with Gasteiger partial charge in [0.25, 0.3) is 0 Å². The molecule has 6 heteroatoms. The first-order chi connectivity index (χ1) is 8.59. The van der Waals surface area contributed by atoms with Crippen molar-refractivity contribution in [2.45, 2.75) is 19.0 Å². The van der Waals surface area contributed by atoms with Crippen LogP contribution in [0.25, 0.3) is 0 Å². The molecule has 0 saturated carbocycles. The molecule has 1 aromatic carbocycles. The van der Waals surface area contributed by atoms with Crippen molar-refractivity contribution >= 4 is 17.7 Å². The molecule has 0 aliphatic carbocycles. The van der Waals surface area contributed by atoms with E-state index in [4.69, 9.17) is 0 Å². The third kappa shape index (κ3) is 2.81. The molecule has 1 amide bonds. The Kier molecular flexibility index (Phi) is 4.19. The first kappa shape index (κ1) is 13.3. The third-order valence-electron chi connectivity index (χ3n) is 2.82. The standard InChI is InChI=1S/C12H14F2N2OS/c1-7(11-8(13)3-2-4-9(11)14)16-12(17)10-5-18-6-15-10/h2-4,7,10,15H,5-6H2,1H3,(H,16,17). The van der Waals surface area contributed by atoms with E-state index in [-0.39, 0.29) is 17.5 Å². The normalized spacial score (nSPS) is 20.7. The van der Waals surface area contributed by atoms with Gasteiger partial charge in [0.05, 0.1) is 12.1 Å². The van der Waals surface area contributed by atoms with Gasteiger partial charge in [-0.05, 0) is 19.1 Å². The Morgan fingerprint density at radius 3 is 2.72 bits per heavy atom. The van der Waals surface area contributed by atoms with E-state index < -0.39 is 17.7 Å². The smallest absolute Gasteiger partial charge is 0.238 e. The van der Waals surface area contributed by atoms with Crippen molar-refractivity contribution in [3.05, 3.63) is 35.4 Å². The topological polar surface area (TPSA) is 41.1 Å². The van der Waals surface area contributed by atoms with Gasteiger partial charge in [-0.3, -0.25) is 10.1 Å². The SMILES string of the molecule is CC(NC(=O)C1CSCN1)c1c(F)cccc1F. The average Bonchev–Trinajstić information content (AvgIpc) is 2.81. The average molecular weight is 272 g/mol. The van der Waals surface area contributed by atoms with Crippen LogP contribution >= 0.6 is 11.8 Å². The number of carbonyl (C=O) groups is 1. The highest BCUT2D eigenvalue weighted by molar-refractivity contribution is 7.99. The maximum Gasteiger partial charge on any atom is 0.238 e. The predicted octanol–water partition coefficient (Wildman–Crippen LogP) is 1.80. The van der Waals surface area contributed by atoms with Crippen LogP contribution in [0.5, 0.6) is 0 Å². The second kappa shape index (κ2) is 5.67. The molecule has 1 saturated heterocycles. The molecule has 2 atom stereocenters. The minimum absolute atomic E-state index is 0.100.